The van der Waals surface area contributed by atoms with Crippen molar-refractivity contribution in [2.45, 2.75) is 97.0 Å². The summed E-state index contributed by atoms with van der Waals surface area (Å²) in [6, 6.07) is 7.68. The highest BCUT2D eigenvalue weighted by atomic mass is 16.6. The Labute approximate surface area is 190 Å². The Hall–Kier alpha value is -2.61. The summed E-state index contributed by atoms with van der Waals surface area (Å²) in [4.78, 5) is 33.9. The van der Waals surface area contributed by atoms with E-state index in [1.165, 1.54) is 5.56 Å². The molecule has 0 aliphatic rings. The second kappa shape index (κ2) is 13.7. The number of nitrogens with one attached hydrogen (secondary N) is 1. The Kier molecular flexibility index (Phi) is 11.8. The van der Waals surface area contributed by atoms with Crippen LogP contribution in [0.15, 0.2) is 24.3 Å². The van der Waals surface area contributed by atoms with Gasteiger partial charge in [0, 0.05) is 12.8 Å². The number of rotatable bonds is 14. The number of aliphatic carboxylic acids is 1. The Morgan fingerprint density at radius 2 is 1.66 bits per heavy atom. The number of carboxylic acid groups (broad SMARTS) is 1. The summed E-state index contributed by atoms with van der Waals surface area (Å²) in [6.45, 7) is 7.55. The van der Waals surface area contributed by atoms with Gasteiger partial charge in [-0.3, -0.25) is 9.59 Å². The lowest BCUT2D eigenvalue weighted by molar-refractivity contribution is -0.137. The lowest BCUT2D eigenvalue weighted by Crippen LogP contribution is -2.45. The van der Waals surface area contributed by atoms with Gasteiger partial charge in [-0.05, 0) is 64.5 Å². The summed E-state index contributed by atoms with van der Waals surface area (Å²) in [7, 11) is 0. The van der Waals surface area contributed by atoms with E-state index in [9.17, 15) is 14.4 Å². The number of benzene rings is 1. The molecule has 0 fully saturated rings. The van der Waals surface area contributed by atoms with Crippen molar-refractivity contribution in [2.75, 3.05) is 0 Å². The predicted octanol–water partition coefficient (Wildman–Crippen LogP) is 3.94. The molecule has 0 spiro atoms. The monoisotopic (exact) mass is 450 g/mol. The molecule has 0 saturated carbocycles. The number of hydrogen-bond acceptors (Lipinski definition) is 5. The number of aryl methyl sites for hydroxylation is 1. The van der Waals surface area contributed by atoms with Gasteiger partial charge in [-0.2, -0.15) is 0 Å². The molecular weight excluding hydrogens is 412 g/mol. The number of carbonyl (C=O) groups excluding carboxylic acids is 2. The molecule has 8 heteroatoms. The minimum atomic E-state index is -0.748. The van der Waals surface area contributed by atoms with Gasteiger partial charge in [0.25, 0.3) is 0 Å². The van der Waals surface area contributed by atoms with Gasteiger partial charge in [0.15, 0.2) is 0 Å². The van der Waals surface area contributed by atoms with Crippen molar-refractivity contribution >= 4 is 18.0 Å². The SMILES string of the molecule is C[C@@H](OCc1ccc(CCCCCC(=O)O)cc1)[C@H](CCC(N)=O)NC(=O)OC(C)(C)C. The van der Waals surface area contributed by atoms with Crippen LogP contribution in [0.1, 0.15) is 77.3 Å². The molecule has 0 aliphatic heterocycles. The minimum Gasteiger partial charge on any atom is -0.481 e. The van der Waals surface area contributed by atoms with Gasteiger partial charge in [-0.25, -0.2) is 4.79 Å². The minimum absolute atomic E-state index is 0.134. The van der Waals surface area contributed by atoms with E-state index >= 15 is 0 Å². The first-order chi connectivity index (χ1) is 15.0. The number of carbonyl (C=O) groups is 3. The van der Waals surface area contributed by atoms with Crippen LogP contribution in [0.5, 0.6) is 0 Å². The maximum atomic E-state index is 12.2. The number of amides is 2. The zero-order valence-corrected chi connectivity index (χ0v) is 19.7. The van der Waals surface area contributed by atoms with E-state index in [0.29, 0.717) is 19.4 Å². The molecule has 1 rings (SSSR count). The fourth-order valence-corrected chi connectivity index (χ4v) is 3.11. The van der Waals surface area contributed by atoms with E-state index in [1.807, 2.05) is 31.2 Å². The van der Waals surface area contributed by atoms with E-state index in [1.54, 1.807) is 20.8 Å². The number of unbranched alkanes of at least 4 members (excludes halogenated alkanes) is 2. The van der Waals surface area contributed by atoms with E-state index < -0.39 is 29.6 Å². The second-order valence-corrected chi connectivity index (χ2v) is 9.04. The Bertz CT molecular complexity index is 727. The molecule has 2 amide bonds. The van der Waals surface area contributed by atoms with E-state index in [2.05, 4.69) is 5.32 Å². The van der Waals surface area contributed by atoms with Gasteiger partial charge in [0.05, 0.1) is 18.8 Å². The van der Waals surface area contributed by atoms with Gasteiger partial charge in [0.2, 0.25) is 5.91 Å². The zero-order chi connectivity index (χ0) is 24.1. The molecule has 0 saturated heterocycles. The number of primary amides is 1. The largest absolute Gasteiger partial charge is 0.481 e. The smallest absolute Gasteiger partial charge is 0.407 e. The fourth-order valence-electron chi connectivity index (χ4n) is 3.11. The molecule has 180 valence electrons. The van der Waals surface area contributed by atoms with Crippen LogP contribution < -0.4 is 11.1 Å². The lowest BCUT2D eigenvalue weighted by atomic mass is 10.0. The van der Waals surface area contributed by atoms with Crippen molar-refractivity contribution in [3.8, 4) is 0 Å². The summed E-state index contributed by atoms with van der Waals surface area (Å²) >= 11 is 0. The summed E-state index contributed by atoms with van der Waals surface area (Å²) in [5.74, 6) is -1.19. The van der Waals surface area contributed by atoms with Crippen molar-refractivity contribution in [1.82, 2.24) is 5.32 Å². The van der Waals surface area contributed by atoms with Crippen molar-refractivity contribution in [3.05, 3.63) is 35.4 Å². The number of carboxylic acids is 1. The van der Waals surface area contributed by atoms with Crippen LogP contribution in [0.25, 0.3) is 0 Å². The van der Waals surface area contributed by atoms with Crippen LogP contribution in [-0.4, -0.2) is 40.8 Å². The third-order valence-electron chi connectivity index (χ3n) is 4.86. The van der Waals surface area contributed by atoms with Gasteiger partial charge in [0.1, 0.15) is 5.60 Å². The normalized spacial score (nSPS) is 13.2. The number of hydrogen-bond donors (Lipinski definition) is 3. The first-order valence-electron chi connectivity index (χ1n) is 11.2. The molecule has 4 N–H and O–H groups in total. The standard InChI is InChI=1S/C24H38N2O6/c1-17(20(14-15-21(25)27)26-23(30)32-24(2,3)4)31-16-19-12-10-18(11-13-19)8-6-5-7-9-22(28)29/h10-13,17,20H,5-9,14-16H2,1-4H3,(H2,25,27)(H,26,30)(H,28,29)/t17-,20+/m1/s1. The van der Waals surface area contributed by atoms with Crippen molar-refractivity contribution in [3.63, 3.8) is 0 Å². The average Bonchev–Trinajstić information content (AvgIpc) is 2.68. The summed E-state index contributed by atoms with van der Waals surface area (Å²) in [5.41, 5.74) is 6.84. The highest BCUT2D eigenvalue weighted by Gasteiger charge is 2.24. The number of nitrogens with two attached hydrogens (primary N) is 1. The molecular formula is C24H38N2O6. The molecule has 0 bridgehead atoms. The summed E-state index contributed by atoms with van der Waals surface area (Å²) in [6.07, 6.45) is 3.26. The maximum absolute atomic E-state index is 12.2. The predicted molar refractivity (Wildman–Crippen MR) is 122 cm³/mol. The zero-order valence-electron chi connectivity index (χ0n) is 19.7. The molecule has 0 unspecified atom stereocenters. The average molecular weight is 451 g/mol. The van der Waals surface area contributed by atoms with Crippen molar-refractivity contribution < 1.29 is 29.0 Å². The van der Waals surface area contributed by atoms with Crippen LogP contribution in [0.3, 0.4) is 0 Å². The highest BCUT2D eigenvalue weighted by Crippen LogP contribution is 2.14. The molecule has 0 aliphatic carbocycles. The molecule has 0 aromatic heterocycles. The van der Waals surface area contributed by atoms with Crippen LogP contribution in [0, 0.1) is 0 Å². The quantitative estimate of drug-likeness (QED) is 0.368. The molecule has 0 radical (unpaired) electrons. The molecule has 8 nitrogen and oxygen atoms in total. The van der Waals surface area contributed by atoms with Gasteiger partial charge < -0.3 is 25.6 Å². The third kappa shape index (κ3) is 12.9. The van der Waals surface area contributed by atoms with Crippen molar-refractivity contribution in [1.29, 1.82) is 0 Å². The lowest BCUT2D eigenvalue weighted by Gasteiger charge is -2.27. The molecule has 32 heavy (non-hydrogen) atoms. The van der Waals surface area contributed by atoms with E-state index in [4.69, 9.17) is 20.3 Å². The number of alkyl carbamates (subject to hydrolysis) is 1. The van der Waals surface area contributed by atoms with E-state index in [-0.39, 0.29) is 18.9 Å². The summed E-state index contributed by atoms with van der Waals surface area (Å²) < 4.78 is 11.3. The molecule has 1 aromatic carbocycles. The topological polar surface area (TPSA) is 128 Å². The van der Waals surface area contributed by atoms with Crippen LogP contribution >= 0.6 is 0 Å². The highest BCUT2D eigenvalue weighted by molar-refractivity contribution is 5.74. The van der Waals surface area contributed by atoms with Crippen LogP contribution in [0.4, 0.5) is 4.79 Å². The molecule has 0 heterocycles. The molecule has 2 atom stereocenters. The number of ether oxygens (including phenoxy) is 2. The Morgan fingerprint density at radius 1 is 1.03 bits per heavy atom. The maximum Gasteiger partial charge on any atom is 0.407 e. The second-order valence-electron chi connectivity index (χ2n) is 9.04. The summed E-state index contributed by atoms with van der Waals surface area (Å²) in [5, 5.41) is 11.5. The Morgan fingerprint density at radius 3 is 2.22 bits per heavy atom. The first-order valence-corrected chi connectivity index (χ1v) is 11.2. The van der Waals surface area contributed by atoms with E-state index in [0.717, 1.165) is 24.8 Å². The van der Waals surface area contributed by atoms with Gasteiger partial charge in [-0.15, -0.1) is 0 Å². The van der Waals surface area contributed by atoms with Gasteiger partial charge in [-0.1, -0.05) is 30.7 Å². The first kappa shape index (κ1) is 27.4. The van der Waals surface area contributed by atoms with Crippen molar-refractivity contribution in [2.24, 2.45) is 5.73 Å². The van der Waals surface area contributed by atoms with Crippen LogP contribution in [-0.2, 0) is 32.1 Å². The van der Waals surface area contributed by atoms with Crippen LogP contribution in [0.2, 0.25) is 0 Å². The Balaban J connectivity index is 2.53. The third-order valence-corrected chi connectivity index (χ3v) is 4.86. The fraction of sp³-hybridized carbons (Fsp3) is 0.625. The molecule has 1 aromatic rings. The van der Waals surface area contributed by atoms with Gasteiger partial charge >= 0.3 is 12.1 Å².